The highest BCUT2D eigenvalue weighted by Gasteiger charge is 2.07. The lowest BCUT2D eigenvalue weighted by Gasteiger charge is -1.94. The van der Waals surface area contributed by atoms with Gasteiger partial charge in [-0.05, 0) is 12.1 Å². The molecule has 1 amide bonds. The van der Waals surface area contributed by atoms with Gasteiger partial charge in [-0.15, -0.1) is 0 Å². The number of ether oxygens (including phenoxy) is 1. The minimum absolute atomic E-state index is 0.350. The van der Waals surface area contributed by atoms with Gasteiger partial charge < -0.3 is 14.9 Å². The molecule has 0 radical (unpaired) electrons. The van der Waals surface area contributed by atoms with Crippen LogP contribution < -0.4 is 10.5 Å². The highest BCUT2D eigenvalue weighted by molar-refractivity contribution is 5.86. The predicted octanol–water partition coefficient (Wildman–Crippen LogP) is 1.89. The van der Waals surface area contributed by atoms with Crippen LogP contribution in [0.2, 0.25) is 0 Å². The quantitative estimate of drug-likeness (QED) is 0.723. The van der Waals surface area contributed by atoms with Crippen LogP contribution in [-0.2, 0) is 0 Å². The van der Waals surface area contributed by atoms with E-state index < -0.39 is 6.09 Å². The zero-order chi connectivity index (χ0) is 9.26. The average molecular weight is 177 g/mol. The van der Waals surface area contributed by atoms with E-state index in [1.807, 2.05) is 12.1 Å². The van der Waals surface area contributed by atoms with E-state index >= 15 is 0 Å². The Morgan fingerprint density at radius 2 is 2.15 bits per heavy atom. The fraction of sp³-hybridized carbons (Fsp3) is 0. The van der Waals surface area contributed by atoms with Gasteiger partial charge in [0.25, 0.3) is 0 Å². The molecule has 0 saturated carbocycles. The first-order valence-corrected chi connectivity index (χ1v) is 3.71. The van der Waals surface area contributed by atoms with Crippen LogP contribution >= 0.6 is 0 Å². The molecule has 0 bridgehead atoms. The van der Waals surface area contributed by atoms with E-state index in [-0.39, 0.29) is 0 Å². The molecule has 0 saturated heterocycles. The number of carbonyl (C=O) groups is 1. The molecule has 1 aromatic heterocycles. The van der Waals surface area contributed by atoms with Crippen molar-refractivity contribution >= 4 is 17.1 Å². The van der Waals surface area contributed by atoms with Crippen molar-refractivity contribution in [3.8, 4) is 5.75 Å². The molecule has 2 aromatic rings. The molecule has 2 rings (SSSR count). The van der Waals surface area contributed by atoms with Crippen molar-refractivity contribution < 1.29 is 13.9 Å². The maximum Gasteiger partial charge on any atom is 0.410 e. The summed E-state index contributed by atoms with van der Waals surface area (Å²) in [5, 5.41) is 0.737. The molecule has 66 valence electrons. The molecule has 1 aromatic carbocycles. The third kappa shape index (κ3) is 1.33. The van der Waals surface area contributed by atoms with Crippen molar-refractivity contribution in [1.29, 1.82) is 0 Å². The number of hydrogen-bond acceptors (Lipinski definition) is 3. The van der Waals surface area contributed by atoms with Crippen molar-refractivity contribution in [2.45, 2.75) is 0 Å². The topological polar surface area (TPSA) is 65.5 Å². The highest BCUT2D eigenvalue weighted by Crippen LogP contribution is 2.27. The number of primary amides is 1. The molecule has 4 nitrogen and oxygen atoms in total. The van der Waals surface area contributed by atoms with Gasteiger partial charge in [-0.2, -0.15) is 0 Å². The number of fused-ring (bicyclic) bond motifs is 1. The van der Waals surface area contributed by atoms with E-state index in [0.717, 1.165) is 5.39 Å². The van der Waals surface area contributed by atoms with Gasteiger partial charge in [-0.25, -0.2) is 4.79 Å². The second-order valence-electron chi connectivity index (χ2n) is 2.52. The molecule has 0 aliphatic heterocycles. The summed E-state index contributed by atoms with van der Waals surface area (Å²) in [5.41, 5.74) is 5.54. The van der Waals surface area contributed by atoms with Gasteiger partial charge in [0.05, 0.1) is 5.39 Å². The fourth-order valence-electron chi connectivity index (χ4n) is 1.14. The Hall–Kier alpha value is -1.97. The lowest BCUT2D eigenvalue weighted by atomic mass is 10.2. The number of amides is 1. The molecule has 0 unspecified atom stereocenters. The summed E-state index contributed by atoms with van der Waals surface area (Å²) in [5.74, 6) is 0.350. The minimum Gasteiger partial charge on any atom is -0.460 e. The van der Waals surface area contributed by atoms with E-state index in [0.29, 0.717) is 11.3 Å². The molecule has 2 N–H and O–H groups in total. The van der Waals surface area contributed by atoms with E-state index in [9.17, 15) is 4.79 Å². The van der Waals surface area contributed by atoms with Crippen molar-refractivity contribution in [1.82, 2.24) is 0 Å². The average Bonchev–Trinajstić information content (AvgIpc) is 2.48. The molecule has 1 heterocycles. The van der Waals surface area contributed by atoms with E-state index in [1.54, 1.807) is 12.1 Å². The summed E-state index contributed by atoms with van der Waals surface area (Å²) in [6.07, 6.45) is 0.515. The van der Waals surface area contributed by atoms with Crippen LogP contribution in [0.5, 0.6) is 5.75 Å². The second kappa shape index (κ2) is 2.82. The second-order valence-corrected chi connectivity index (χ2v) is 2.52. The molecule has 0 fully saturated rings. The Kier molecular flexibility index (Phi) is 1.66. The lowest BCUT2D eigenvalue weighted by Crippen LogP contribution is -2.15. The Bertz CT molecular complexity index is 447. The first-order valence-electron chi connectivity index (χ1n) is 3.71. The molecule has 0 atom stereocenters. The largest absolute Gasteiger partial charge is 0.460 e. The zero-order valence-corrected chi connectivity index (χ0v) is 6.69. The summed E-state index contributed by atoms with van der Waals surface area (Å²) in [6, 6.07) is 7.23. The van der Waals surface area contributed by atoms with Crippen molar-refractivity contribution in [3.05, 3.63) is 30.5 Å². The summed E-state index contributed by atoms with van der Waals surface area (Å²) >= 11 is 0. The van der Waals surface area contributed by atoms with Crippen LogP contribution in [0.1, 0.15) is 0 Å². The minimum atomic E-state index is -0.841. The third-order valence-corrected chi connectivity index (χ3v) is 1.66. The van der Waals surface area contributed by atoms with Crippen molar-refractivity contribution in [3.63, 3.8) is 0 Å². The van der Waals surface area contributed by atoms with E-state index in [4.69, 9.17) is 14.9 Å². The Labute approximate surface area is 73.9 Å². The highest BCUT2D eigenvalue weighted by atomic mass is 16.6. The predicted molar refractivity (Wildman–Crippen MR) is 46.4 cm³/mol. The normalized spacial score (nSPS) is 10.2. The number of hydrogen-bond donors (Lipinski definition) is 1. The maximum atomic E-state index is 10.5. The van der Waals surface area contributed by atoms with Gasteiger partial charge in [0.15, 0.2) is 5.75 Å². The summed E-state index contributed by atoms with van der Waals surface area (Å²) in [4.78, 5) is 10.5. The lowest BCUT2D eigenvalue weighted by molar-refractivity contribution is 0.211. The molecule has 13 heavy (non-hydrogen) atoms. The van der Waals surface area contributed by atoms with Gasteiger partial charge >= 0.3 is 6.09 Å². The van der Waals surface area contributed by atoms with Crippen LogP contribution in [-0.4, -0.2) is 6.09 Å². The SMILES string of the molecule is NC(=O)Oc1coc2ccccc12. The fourth-order valence-corrected chi connectivity index (χ4v) is 1.14. The molecule has 0 aliphatic rings. The van der Waals surface area contributed by atoms with Crippen molar-refractivity contribution in [2.24, 2.45) is 5.73 Å². The Balaban J connectivity index is 2.51. The number of benzene rings is 1. The van der Waals surface area contributed by atoms with Gasteiger partial charge in [-0.1, -0.05) is 12.1 Å². The van der Waals surface area contributed by atoms with Crippen LogP contribution in [0.15, 0.2) is 34.9 Å². The van der Waals surface area contributed by atoms with Crippen LogP contribution in [0, 0.1) is 0 Å². The monoisotopic (exact) mass is 177 g/mol. The maximum absolute atomic E-state index is 10.5. The molecule has 0 spiro atoms. The summed E-state index contributed by atoms with van der Waals surface area (Å²) in [6.45, 7) is 0. The zero-order valence-electron chi connectivity index (χ0n) is 6.69. The van der Waals surface area contributed by atoms with Crippen LogP contribution in [0.3, 0.4) is 0 Å². The first-order chi connectivity index (χ1) is 6.27. The summed E-state index contributed by atoms with van der Waals surface area (Å²) < 4.78 is 9.83. The number of nitrogens with two attached hydrogens (primary N) is 1. The van der Waals surface area contributed by atoms with Crippen molar-refractivity contribution in [2.75, 3.05) is 0 Å². The number of furan rings is 1. The van der Waals surface area contributed by atoms with E-state index in [1.165, 1.54) is 6.26 Å². The standard InChI is InChI=1S/C9H7NO3/c10-9(11)13-8-5-12-7-4-2-1-3-6(7)8/h1-5H,(H2,10,11). The number of carbonyl (C=O) groups excluding carboxylic acids is 1. The van der Waals surface area contributed by atoms with Gasteiger partial charge in [-0.3, -0.25) is 0 Å². The van der Waals surface area contributed by atoms with Crippen LogP contribution in [0.4, 0.5) is 4.79 Å². The molecule has 4 heteroatoms. The molecule has 0 aliphatic carbocycles. The van der Waals surface area contributed by atoms with Gasteiger partial charge in [0.1, 0.15) is 11.8 Å². The van der Waals surface area contributed by atoms with Gasteiger partial charge in [0.2, 0.25) is 0 Å². The smallest absolute Gasteiger partial charge is 0.410 e. The summed E-state index contributed by atoms with van der Waals surface area (Å²) in [7, 11) is 0. The molecular formula is C9H7NO3. The van der Waals surface area contributed by atoms with Crippen LogP contribution in [0.25, 0.3) is 11.0 Å². The first kappa shape index (κ1) is 7.67. The third-order valence-electron chi connectivity index (χ3n) is 1.66. The Morgan fingerprint density at radius 3 is 2.92 bits per heavy atom. The van der Waals surface area contributed by atoms with Gasteiger partial charge in [0, 0.05) is 0 Å². The number of rotatable bonds is 1. The number of para-hydroxylation sites is 1. The molecular weight excluding hydrogens is 170 g/mol. The Morgan fingerprint density at radius 1 is 1.38 bits per heavy atom. The van der Waals surface area contributed by atoms with E-state index in [2.05, 4.69) is 0 Å².